The lowest BCUT2D eigenvalue weighted by atomic mass is 9.92. The van der Waals surface area contributed by atoms with Gasteiger partial charge in [0.15, 0.2) is 0 Å². The van der Waals surface area contributed by atoms with Crippen LogP contribution in [0.2, 0.25) is 0 Å². The standard InChI is InChI=1S/C25H28N4O2/c1-24(2,3)31-23(30)27-25(4,5)18-10-8-17(9-11-18)19-12-13-21-20(16-26-28-21)22(19)29-14-6-7-15-29/h6-16H,1-5H3,(H,26,28)(H,27,30). The number of amides is 1. The number of H-pyrrole nitrogens is 1. The van der Waals surface area contributed by atoms with E-state index in [1.165, 1.54) is 0 Å². The third-order valence-corrected chi connectivity index (χ3v) is 5.19. The SMILES string of the molecule is CC(C)(C)OC(=O)NC(C)(C)c1ccc(-c2ccc3[nH]ncc3c2-n2cccc2)cc1. The summed E-state index contributed by atoms with van der Waals surface area (Å²) in [5, 5.41) is 11.3. The number of carbonyl (C=O) groups excluding carboxylic acids is 1. The van der Waals surface area contributed by atoms with Crippen LogP contribution in [0.4, 0.5) is 4.79 Å². The number of nitrogens with one attached hydrogen (secondary N) is 2. The highest BCUT2D eigenvalue weighted by Gasteiger charge is 2.26. The van der Waals surface area contributed by atoms with Crippen LogP contribution in [-0.4, -0.2) is 26.5 Å². The van der Waals surface area contributed by atoms with Crippen molar-refractivity contribution in [2.75, 3.05) is 0 Å². The number of hydrogen-bond donors (Lipinski definition) is 2. The van der Waals surface area contributed by atoms with Crippen molar-refractivity contribution in [3.05, 3.63) is 72.7 Å². The molecule has 160 valence electrons. The number of nitrogens with zero attached hydrogens (tertiary/aromatic N) is 2. The van der Waals surface area contributed by atoms with Gasteiger partial charge < -0.3 is 14.6 Å². The van der Waals surface area contributed by atoms with Gasteiger partial charge in [-0.25, -0.2) is 4.79 Å². The minimum atomic E-state index is -0.571. The van der Waals surface area contributed by atoms with Crippen LogP contribution in [0.25, 0.3) is 27.7 Å². The van der Waals surface area contributed by atoms with Crippen LogP contribution in [-0.2, 0) is 10.3 Å². The van der Waals surface area contributed by atoms with Crippen LogP contribution in [0.5, 0.6) is 0 Å². The van der Waals surface area contributed by atoms with E-state index >= 15 is 0 Å². The molecule has 1 amide bonds. The number of benzene rings is 2. The maximum absolute atomic E-state index is 12.3. The predicted octanol–water partition coefficient (Wildman–Crippen LogP) is 5.78. The molecule has 0 atom stereocenters. The summed E-state index contributed by atoms with van der Waals surface area (Å²) in [6, 6.07) is 16.4. The van der Waals surface area contributed by atoms with Gasteiger partial charge in [0.2, 0.25) is 0 Å². The molecule has 0 aliphatic rings. The van der Waals surface area contributed by atoms with Crippen molar-refractivity contribution in [3.63, 3.8) is 0 Å². The number of carbonyl (C=O) groups is 1. The van der Waals surface area contributed by atoms with E-state index in [4.69, 9.17) is 4.74 Å². The van der Waals surface area contributed by atoms with Gasteiger partial charge >= 0.3 is 6.09 Å². The Morgan fingerprint density at radius 2 is 1.68 bits per heavy atom. The summed E-state index contributed by atoms with van der Waals surface area (Å²) >= 11 is 0. The van der Waals surface area contributed by atoms with E-state index in [2.05, 4.69) is 38.3 Å². The highest BCUT2D eigenvalue weighted by molar-refractivity contribution is 5.95. The molecule has 6 heteroatoms. The lowest BCUT2D eigenvalue weighted by molar-refractivity contribution is 0.0470. The average molecular weight is 417 g/mol. The van der Waals surface area contributed by atoms with E-state index in [0.717, 1.165) is 33.3 Å². The quantitative estimate of drug-likeness (QED) is 0.443. The fourth-order valence-electron chi connectivity index (χ4n) is 3.69. The van der Waals surface area contributed by atoms with Crippen molar-refractivity contribution in [2.45, 2.75) is 45.8 Å². The zero-order valence-electron chi connectivity index (χ0n) is 18.6. The number of aromatic nitrogens is 3. The number of hydrogen-bond acceptors (Lipinski definition) is 3. The molecule has 2 aromatic heterocycles. The van der Waals surface area contributed by atoms with Gasteiger partial charge in [0, 0.05) is 23.3 Å². The summed E-state index contributed by atoms with van der Waals surface area (Å²) < 4.78 is 7.52. The molecule has 0 unspecified atom stereocenters. The van der Waals surface area contributed by atoms with E-state index in [1.807, 2.05) is 83.5 Å². The fraction of sp³-hybridized carbons (Fsp3) is 0.280. The second kappa shape index (κ2) is 7.61. The Morgan fingerprint density at radius 1 is 1.00 bits per heavy atom. The molecule has 0 aliphatic heterocycles. The lowest BCUT2D eigenvalue weighted by Gasteiger charge is -2.29. The van der Waals surface area contributed by atoms with Gasteiger partial charge in [-0.15, -0.1) is 0 Å². The Labute approximate surface area is 182 Å². The molecular formula is C25H28N4O2. The van der Waals surface area contributed by atoms with E-state index < -0.39 is 17.2 Å². The van der Waals surface area contributed by atoms with Crippen LogP contribution in [0, 0.1) is 0 Å². The van der Waals surface area contributed by atoms with Crippen LogP contribution in [0.15, 0.2) is 67.1 Å². The van der Waals surface area contributed by atoms with Crippen molar-refractivity contribution in [2.24, 2.45) is 0 Å². The molecule has 4 rings (SSSR count). The third-order valence-electron chi connectivity index (χ3n) is 5.19. The maximum Gasteiger partial charge on any atom is 0.408 e. The molecule has 31 heavy (non-hydrogen) atoms. The van der Waals surface area contributed by atoms with Crippen molar-refractivity contribution >= 4 is 17.0 Å². The average Bonchev–Trinajstić information content (AvgIpc) is 3.37. The number of fused-ring (bicyclic) bond motifs is 1. The topological polar surface area (TPSA) is 71.9 Å². The van der Waals surface area contributed by atoms with Crippen molar-refractivity contribution in [1.29, 1.82) is 0 Å². The molecule has 2 heterocycles. The van der Waals surface area contributed by atoms with E-state index in [-0.39, 0.29) is 0 Å². The monoisotopic (exact) mass is 416 g/mol. The first-order valence-corrected chi connectivity index (χ1v) is 10.4. The molecule has 0 saturated heterocycles. The molecule has 2 N–H and O–H groups in total. The van der Waals surface area contributed by atoms with Gasteiger partial charge in [0.05, 0.1) is 22.9 Å². The van der Waals surface area contributed by atoms with Gasteiger partial charge in [-0.05, 0) is 63.9 Å². The Kier molecular flexibility index (Phi) is 5.09. The second-order valence-electron chi connectivity index (χ2n) is 9.21. The van der Waals surface area contributed by atoms with Crippen LogP contribution < -0.4 is 5.32 Å². The zero-order chi connectivity index (χ0) is 22.2. The summed E-state index contributed by atoms with van der Waals surface area (Å²) in [6.07, 6.45) is 5.50. The Balaban J connectivity index is 1.67. The minimum Gasteiger partial charge on any atom is -0.444 e. The van der Waals surface area contributed by atoms with Crippen LogP contribution in [0.1, 0.15) is 40.2 Å². The zero-order valence-corrected chi connectivity index (χ0v) is 18.6. The summed E-state index contributed by atoms with van der Waals surface area (Å²) in [7, 11) is 0. The second-order valence-corrected chi connectivity index (χ2v) is 9.21. The highest BCUT2D eigenvalue weighted by atomic mass is 16.6. The number of alkyl carbamates (subject to hydrolysis) is 1. The maximum atomic E-state index is 12.3. The first kappa shape index (κ1) is 20.7. The van der Waals surface area contributed by atoms with Crippen molar-refractivity contribution in [3.8, 4) is 16.8 Å². The molecule has 6 nitrogen and oxygen atoms in total. The first-order valence-electron chi connectivity index (χ1n) is 10.4. The summed E-state index contributed by atoms with van der Waals surface area (Å²) in [5.41, 5.74) is 4.15. The predicted molar refractivity (Wildman–Crippen MR) is 123 cm³/mol. The molecule has 0 saturated carbocycles. The number of ether oxygens (including phenoxy) is 1. The van der Waals surface area contributed by atoms with Gasteiger partial charge in [0.1, 0.15) is 5.60 Å². The molecule has 4 aromatic rings. The first-order chi connectivity index (χ1) is 14.6. The molecule has 0 radical (unpaired) electrons. The lowest BCUT2D eigenvalue weighted by Crippen LogP contribution is -2.43. The summed E-state index contributed by atoms with van der Waals surface area (Å²) in [6.45, 7) is 9.50. The number of aromatic amines is 1. The van der Waals surface area contributed by atoms with Crippen molar-refractivity contribution in [1.82, 2.24) is 20.1 Å². The Hall–Kier alpha value is -3.54. The van der Waals surface area contributed by atoms with Gasteiger partial charge in [-0.3, -0.25) is 5.10 Å². The Bertz CT molecular complexity index is 1200. The largest absolute Gasteiger partial charge is 0.444 e. The highest BCUT2D eigenvalue weighted by Crippen LogP contribution is 2.34. The molecular weight excluding hydrogens is 388 g/mol. The molecule has 2 aromatic carbocycles. The van der Waals surface area contributed by atoms with E-state index in [9.17, 15) is 4.79 Å². The van der Waals surface area contributed by atoms with Gasteiger partial charge in [0.25, 0.3) is 0 Å². The van der Waals surface area contributed by atoms with Gasteiger partial charge in [-0.1, -0.05) is 30.3 Å². The fourth-order valence-corrected chi connectivity index (χ4v) is 3.69. The molecule has 0 bridgehead atoms. The minimum absolute atomic E-state index is 0.429. The number of rotatable bonds is 4. The van der Waals surface area contributed by atoms with E-state index in [1.54, 1.807) is 0 Å². The van der Waals surface area contributed by atoms with Crippen LogP contribution in [0.3, 0.4) is 0 Å². The molecule has 0 fully saturated rings. The third kappa shape index (κ3) is 4.33. The van der Waals surface area contributed by atoms with Crippen LogP contribution >= 0.6 is 0 Å². The molecule has 0 aliphatic carbocycles. The Morgan fingerprint density at radius 3 is 2.32 bits per heavy atom. The van der Waals surface area contributed by atoms with Gasteiger partial charge in [-0.2, -0.15) is 5.10 Å². The smallest absolute Gasteiger partial charge is 0.408 e. The van der Waals surface area contributed by atoms with E-state index in [0.29, 0.717) is 0 Å². The summed E-state index contributed by atoms with van der Waals surface area (Å²) in [5.74, 6) is 0. The van der Waals surface area contributed by atoms with Crippen molar-refractivity contribution < 1.29 is 9.53 Å². The molecule has 0 spiro atoms. The normalized spacial score (nSPS) is 12.2. The summed E-state index contributed by atoms with van der Waals surface area (Å²) in [4.78, 5) is 12.3.